The van der Waals surface area contributed by atoms with Crippen LogP contribution in [0.5, 0.6) is 0 Å². The third kappa shape index (κ3) is 4.88. The topological polar surface area (TPSA) is 67.5 Å². The molecule has 1 aromatic heterocycles. The van der Waals surface area contributed by atoms with Crippen molar-refractivity contribution in [2.24, 2.45) is 0 Å². The van der Waals surface area contributed by atoms with Gasteiger partial charge in [-0.25, -0.2) is 4.79 Å². The molecule has 2 heterocycles. The van der Waals surface area contributed by atoms with Crippen molar-refractivity contribution >= 4 is 23.2 Å². The molecule has 7 nitrogen and oxygen atoms in total. The quantitative estimate of drug-likeness (QED) is 0.611. The molecule has 0 aliphatic carbocycles. The van der Waals surface area contributed by atoms with Crippen molar-refractivity contribution in [3.8, 4) is 0 Å². The molecule has 1 aliphatic rings. The minimum Gasteiger partial charge on any atom is -0.368 e. The number of halogens is 1. The number of piperazine rings is 1. The smallest absolute Gasteiger partial charge is 0.331 e. The van der Waals surface area contributed by atoms with Crippen LogP contribution in [0.3, 0.4) is 0 Å². The zero-order chi connectivity index (χ0) is 21.8. The van der Waals surface area contributed by atoms with Gasteiger partial charge in [0, 0.05) is 49.2 Å². The zero-order valence-corrected chi connectivity index (χ0v) is 17.7. The van der Waals surface area contributed by atoms with Crippen molar-refractivity contribution in [3.05, 3.63) is 98.3 Å². The van der Waals surface area contributed by atoms with Crippen molar-refractivity contribution in [2.75, 3.05) is 31.1 Å². The SMILES string of the molecule is O=C(Cn1c(=O)ccn(Cc2ccc(Cl)cc2)c1=O)N1CCN(c2ccccc2)CC1. The van der Waals surface area contributed by atoms with E-state index in [1.807, 2.05) is 42.5 Å². The number of carbonyl (C=O) groups excluding carboxylic acids is 1. The molecular weight excluding hydrogens is 416 g/mol. The number of para-hydroxylation sites is 1. The Balaban J connectivity index is 1.44. The van der Waals surface area contributed by atoms with Crippen LogP contribution in [0.25, 0.3) is 0 Å². The van der Waals surface area contributed by atoms with Crippen molar-refractivity contribution in [3.63, 3.8) is 0 Å². The number of carbonyl (C=O) groups is 1. The van der Waals surface area contributed by atoms with Gasteiger partial charge in [-0.1, -0.05) is 41.9 Å². The molecule has 1 fully saturated rings. The summed E-state index contributed by atoms with van der Waals surface area (Å²) in [4.78, 5) is 41.9. The van der Waals surface area contributed by atoms with Crippen LogP contribution in [0.2, 0.25) is 5.02 Å². The highest BCUT2D eigenvalue weighted by Crippen LogP contribution is 2.15. The van der Waals surface area contributed by atoms with E-state index in [1.165, 1.54) is 16.8 Å². The molecule has 0 radical (unpaired) electrons. The number of benzene rings is 2. The summed E-state index contributed by atoms with van der Waals surface area (Å²) in [6.45, 7) is 2.55. The second kappa shape index (κ2) is 9.22. The summed E-state index contributed by atoms with van der Waals surface area (Å²) in [5.41, 5.74) is 1.02. The van der Waals surface area contributed by atoms with Crippen molar-refractivity contribution in [2.45, 2.75) is 13.1 Å². The molecule has 31 heavy (non-hydrogen) atoms. The number of hydrogen-bond acceptors (Lipinski definition) is 4. The number of aromatic nitrogens is 2. The van der Waals surface area contributed by atoms with Gasteiger partial charge in [-0.15, -0.1) is 0 Å². The molecule has 2 aromatic carbocycles. The molecule has 0 N–H and O–H groups in total. The van der Waals surface area contributed by atoms with Crippen LogP contribution in [0.15, 0.2) is 76.4 Å². The third-order valence-corrected chi connectivity index (χ3v) is 5.70. The highest BCUT2D eigenvalue weighted by atomic mass is 35.5. The maximum Gasteiger partial charge on any atom is 0.331 e. The molecule has 0 atom stereocenters. The van der Waals surface area contributed by atoms with Crippen molar-refractivity contribution < 1.29 is 4.79 Å². The molecule has 160 valence electrons. The van der Waals surface area contributed by atoms with Crippen LogP contribution in [0.1, 0.15) is 5.56 Å². The van der Waals surface area contributed by atoms with Gasteiger partial charge in [0.2, 0.25) is 5.91 Å². The van der Waals surface area contributed by atoms with Crippen LogP contribution < -0.4 is 16.1 Å². The molecule has 1 amide bonds. The molecule has 1 saturated heterocycles. The Labute approximate surface area is 184 Å². The normalized spacial score (nSPS) is 14.0. The minimum absolute atomic E-state index is 0.226. The molecule has 4 rings (SSSR count). The summed E-state index contributed by atoms with van der Waals surface area (Å²) in [5.74, 6) is -0.226. The van der Waals surface area contributed by atoms with Gasteiger partial charge in [-0.05, 0) is 29.8 Å². The average Bonchev–Trinajstić information content (AvgIpc) is 2.80. The number of rotatable bonds is 5. The summed E-state index contributed by atoms with van der Waals surface area (Å²) in [5, 5.41) is 0.610. The third-order valence-electron chi connectivity index (χ3n) is 5.45. The van der Waals surface area contributed by atoms with E-state index in [-0.39, 0.29) is 12.5 Å². The predicted molar refractivity (Wildman–Crippen MR) is 121 cm³/mol. The van der Waals surface area contributed by atoms with E-state index < -0.39 is 11.2 Å². The Bertz CT molecular complexity index is 1160. The van der Waals surface area contributed by atoms with Crippen molar-refractivity contribution in [1.82, 2.24) is 14.0 Å². The minimum atomic E-state index is -0.501. The number of nitrogens with zero attached hydrogens (tertiary/aromatic N) is 4. The maximum atomic E-state index is 12.8. The largest absolute Gasteiger partial charge is 0.368 e. The summed E-state index contributed by atoms with van der Waals surface area (Å²) >= 11 is 5.91. The van der Waals surface area contributed by atoms with E-state index in [9.17, 15) is 14.4 Å². The molecule has 0 unspecified atom stereocenters. The summed E-state index contributed by atoms with van der Waals surface area (Å²) < 4.78 is 2.42. The lowest BCUT2D eigenvalue weighted by Crippen LogP contribution is -2.51. The van der Waals surface area contributed by atoms with Crippen LogP contribution in [0.4, 0.5) is 5.69 Å². The van der Waals surface area contributed by atoms with Crippen LogP contribution in [-0.4, -0.2) is 46.1 Å². The van der Waals surface area contributed by atoms with Gasteiger partial charge in [0.15, 0.2) is 0 Å². The highest BCUT2D eigenvalue weighted by molar-refractivity contribution is 6.30. The van der Waals surface area contributed by atoms with E-state index in [1.54, 1.807) is 17.0 Å². The second-order valence-electron chi connectivity index (χ2n) is 7.48. The van der Waals surface area contributed by atoms with Gasteiger partial charge in [0.1, 0.15) is 6.54 Å². The van der Waals surface area contributed by atoms with Gasteiger partial charge >= 0.3 is 5.69 Å². The van der Waals surface area contributed by atoms with Crippen LogP contribution in [0, 0.1) is 0 Å². The summed E-state index contributed by atoms with van der Waals surface area (Å²) in [6, 6.07) is 18.5. The fourth-order valence-electron chi connectivity index (χ4n) is 3.70. The predicted octanol–water partition coefficient (Wildman–Crippen LogP) is 2.06. The Kier molecular flexibility index (Phi) is 6.23. The first-order chi connectivity index (χ1) is 15.0. The lowest BCUT2D eigenvalue weighted by atomic mass is 10.2. The fourth-order valence-corrected chi connectivity index (χ4v) is 3.82. The van der Waals surface area contributed by atoms with E-state index in [4.69, 9.17) is 11.6 Å². The van der Waals surface area contributed by atoms with E-state index in [0.29, 0.717) is 37.7 Å². The molecule has 8 heteroatoms. The number of hydrogen-bond donors (Lipinski definition) is 0. The molecule has 0 spiro atoms. The average molecular weight is 439 g/mol. The van der Waals surface area contributed by atoms with Gasteiger partial charge in [0.25, 0.3) is 5.56 Å². The van der Waals surface area contributed by atoms with E-state index in [0.717, 1.165) is 15.8 Å². The number of anilines is 1. The zero-order valence-electron chi connectivity index (χ0n) is 17.0. The Morgan fingerprint density at radius 1 is 0.871 bits per heavy atom. The van der Waals surface area contributed by atoms with Gasteiger partial charge in [-0.3, -0.25) is 18.7 Å². The van der Waals surface area contributed by atoms with Gasteiger partial charge in [0.05, 0.1) is 6.54 Å². The summed E-state index contributed by atoms with van der Waals surface area (Å²) in [6.07, 6.45) is 1.46. The molecular formula is C23H23ClN4O3. The first kappa shape index (κ1) is 20.9. The van der Waals surface area contributed by atoms with Crippen molar-refractivity contribution in [1.29, 1.82) is 0 Å². The standard InChI is InChI=1S/C23H23ClN4O3/c24-19-8-6-18(7-9-19)16-27-11-10-21(29)28(23(27)31)17-22(30)26-14-12-25(13-15-26)20-4-2-1-3-5-20/h1-11H,12-17H2. The molecule has 0 bridgehead atoms. The van der Waals surface area contributed by atoms with Gasteiger partial charge < -0.3 is 9.80 Å². The fraction of sp³-hybridized carbons (Fsp3) is 0.261. The second-order valence-corrected chi connectivity index (χ2v) is 7.92. The number of amides is 1. The first-order valence-corrected chi connectivity index (χ1v) is 10.5. The Morgan fingerprint density at radius 3 is 2.23 bits per heavy atom. The van der Waals surface area contributed by atoms with E-state index >= 15 is 0 Å². The summed E-state index contributed by atoms with van der Waals surface area (Å²) in [7, 11) is 0. The molecule has 1 aliphatic heterocycles. The molecule has 3 aromatic rings. The maximum absolute atomic E-state index is 12.8. The monoisotopic (exact) mass is 438 g/mol. The Morgan fingerprint density at radius 2 is 1.55 bits per heavy atom. The lowest BCUT2D eigenvalue weighted by Gasteiger charge is -2.36. The lowest BCUT2D eigenvalue weighted by molar-refractivity contribution is -0.132. The van der Waals surface area contributed by atoms with Gasteiger partial charge in [-0.2, -0.15) is 0 Å². The first-order valence-electron chi connectivity index (χ1n) is 10.1. The van der Waals surface area contributed by atoms with Crippen LogP contribution >= 0.6 is 11.6 Å². The highest BCUT2D eigenvalue weighted by Gasteiger charge is 2.22. The van der Waals surface area contributed by atoms with E-state index in [2.05, 4.69) is 4.90 Å². The molecule has 0 saturated carbocycles. The Hall–Kier alpha value is -3.32. The van der Waals surface area contributed by atoms with Crippen LogP contribution in [-0.2, 0) is 17.9 Å².